The zero-order valence-electron chi connectivity index (χ0n) is 19.5. The van der Waals surface area contributed by atoms with E-state index in [1.807, 2.05) is 44.2 Å². The Balaban J connectivity index is 1.97. The minimum atomic E-state index is -0.825. The molecule has 0 spiro atoms. The average Bonchev–Trinajstić information content (AvgIpc) is 2.82. The van der Waals surface area contributed by atoms with Crippen molar-refractivity contribution in [3.05, 3.63) is 99.0 Å². The predicted octanol–water partition coefficient (Wildman–Crippen LogP) is 6.19. The van der Waals surface area contributed by atoms with Crippen molar-refractivity contribution < 1.29 is 14.3 Å². The first-order chi connectivity index (χ1) is 16.8. The summed E-state index contributed by atoms with van der Waals surface area (Å²) in [6.45, 7) is 3.46. The smallest absolute Gasteiger partial charge is 0.261 e. The highest BCUT2D eigenvalue weighted by molar-refractivity contribution is 6.36. The van der Waals surface area contributed by atoms with E-state index in [9.17, 15) is 9.59 Å². The van der Waals surface area contributed by atoms with Crippen molar-refractivity contribution in [2.45, 2.75) is 38.9 Å². The second-order valence-corrected chi connectivity index (χ2v) is 9.53. The number of hydrogen-bond acceptors (Lipinski definition) is 3. The van der Waals surface area contributed by atoms with Gasteiger partial charge in [0.05, 0.1) is 5.02 Å². The molecule has 0 aromatic heterocycles. The fourth-order valence-electron chi connectivity index (χ4n) is 3.57. The largest absolute Gasteiger partial charge is 0.482 e. The van der Waals surface area contributed by atoms with Crippen molar-refractivity contribution >= 4 is 46.6 Å². The lowest BCUT2D eigenvalue weighted by Gasteiger charge is -2.32. The average molecular weight is 534 g/mol. The van der Waals surface area contributed by atoms with E-state index < -0.39 is 11.9 Å². The maximum atomic E-state index is 13.6. The lowest BCUT2D eigenvalue weighted by molar-refractivity contribution is -0.143. The molecule has 8 heteroatoms. The zero-order valence-corrected chi connectivity index (χ0v) is 21.8. The summed E-state index contributed by atoms with van der Waals surface area (Å²) in [7, 11) is 0. The number of carbonyl (C=O) groups excluding carboxylic acids is 2. The molecule has 5 nitrogen and oxygen atoms in total. The molecule has 1 unspecified atom stereocenters. The van der Waals surface area contributed by atoms with Gasteiger partial charge in [-0.1, -0.05) is 83.3 Å². The van der Waals surface area contributed by atoms with Crippen LogP contribution in [0.4, 0.5) is 0 Å². The first kappa shape index (κ1) is 26.9. The molecular weight excluding hydrogens is 507 g/mol. The third kappa shape index (κ3) is 7.63. The molecule has 35 heavy (non-hydrogen) atoms. The number of para-hydroxylation sites is 1. The summed E-state index contributed by atoms with van der Waals surface area (Å²) in [4.78, 5) is 28.4. The van der Waals surface area contributed by atoms with Crippen molar-refractivity contribution in [1.29, 1.82) is 0 Å². The van der Waals surface area contributed by atoms with Crippen molar-refractivity contribution in [2.24, 2.45) is 0 Å². The van der Waals surface area contributed by atoms with Gasteiger partial charge in [0, 0.05) is 34.6 Å². The first-order valence-electron chi connectivity index (χ1n) is 11.2. The van der Waals surface area contributed by atoms with Crippen LogP contribution in [-0.2, 0) is 22.6 Å². The lowest BCUT2D eigenvalue weighted by atomic mass is 10.0. The molecule has 0 saturated carbocycles. The number of halogens is 3. The van der Waals surface area contributed by atoms with Gasteiger partial charge in [-0.05, 0) is 43.7 Å². The normalized spacial score (nSPS) is 11.7. The molecule has 1 N–H and O–H groups in total. The molecule has 0 radical (unpaired) electrons. The molecule has 0 aliphatic heterocycles. The highest BCUT2D eigenvalue weighted by Gasteiger charge is 2.32. The van der Waals surface area contributed by atoms with Crippen LogP contribution in [0.2, 0.25) is 15.1 Å². The number of benzene rings is 3. The van der Waals surface area contributed by atoms with Gasteiger partial charge in [0.2, 0.25) is 5.91 Å². The van der Waals surface area contributed by atoms with Crippen LogP contribution in [0.3, 0.4) is 0 Å². The molecule has 0 heterocycles. The predicted molar refractivity (Wildman–Crippen MR) is 141 cm³/mol. The Morgan fingerprint density at radius 1 is 0.857 bits per heavy atom. The second kappa shape index (κ2) is 12.8. The van der Waals surface area contributed by atoms with Crippen LogP contribution in [0.15, 0.2) is 72.8 Å². The molecule has 2 amide bonds. The monoisotopic (exact) mass is 532 g/mol. The minimum Gasteiger partial charge on any atom is -0.482 e. The van der Waals surface area contributed by atoms with Crippen LogP contribution in [0.25, 0.3) is 0 Å². The summed E-state index contributed by atoms with van der Waals surface area (Å²) in [6.07, 6.45) is 0.305. The molecule has 3 rings (SSSR count). The van der Waals surface area contributed by atoms with E-state index in [2.05, 4.69) is 5.32 Å². The molecule has 1 atom stereocenters. The van der Waals surface area contributed by atoms with Crippen LogP contribution < -0.4 is 10.1 Å². The minimum absolute atomic E-state index is 0.0340. The Hall–Kier alpha value is -2.73. The maximum absolute atomic E-state index is 13.6. The van der Waals surface area contributed by atoms with E-state index in [1.54, 1.807) is 42.5 Å². The van der Waals surface area contributed by atoms with E-state index in [4.69, 9.17) is 39.5 Å². The molecule has 3 aromatic carbocycles. The number of carbonyl (C=O) groups is 2. The maximum Gasteiger partial charge on any atom is 0.261 e. The van der Waals surface area contributed by atoms with Crippen LogP contribution in [-0.4, -0.2) is 35.4 Å². The topological polar surface area (TPSA) is 58.6 Å². The number of amides is 2. The van der Waals surface area contributed by atoms with E-state index in [1.165, 1.54) is 4.90 Å². The van der Waals surface area contributed by atoms with Crippen molar-refractivity contribution in [2.75, 3.05) is 6.61 Å². The Morgan fingerprint density at radius 2 is 1.46 bits per heavy atom. The van der Waals surface area contributed by atoms with E-state index >= 15 is 0 Å². The Labute approximate surface area is 220 Å². The summed E-state index contributed by atoms with van der Waals surface area (Å²) in [6, 6.07) is 20.6. The molecular formula is C27H27Cl3N2O3. The number of nitrogens with one attached hydrogen (secondary N) is 1. The fourth-order valence-corrected chi connectivity index (χ4v) is 4.28. The molecule has 0 saturated heterocycles. The molecule has 0 aliphatic rings. The van der Waals surface area contributed by atoms with Gasteiger partial charge in [-0.25, -0.2) is 0 Å². The summed E-state index contributed by atoms with van der Waals surface area (Å²) in [5.41, 5.74) is 1.46. The summed E-state index contributed by atoms with van der Waals surface area (Å²) in [5.74, 6) is -0.302. The molecule has 3 aromatic rings. The van der Waals surface area contributed by atoms with Crippen molar-refractivity contribution in [3.63, 3.8) is 0 Å². The third-order valence-electron chi connectivity index (χ3n) is 5.28. The van der Waals surface area contributed by atoms with Crippen LogP contribution in [0.1, 0.15) is 25.0 Å². The van der Waals surface area contributed by atoms with Gasteiger partial charge in [-0.15, -0.1) is 0 Å². The summed E-state index contributed by atoms with van der Waals surface area (Å²) in [5, 5.41) is 4.14. The Morgan fingerprint density at radius 3 is 2.09 bits per heavy atom. The quantitative estimate of drug-likeness (QED) is 0.338. The zero-order chi connectivity index (χ0) is 25.4. The molecule has 0 aliphatic carbocycles. The number of nitrogens with zero attached hydrogens (tertiary/aromatic N) is 1. The molecule has 0 fully saturated rings. The lowest BCUT2D eigenvalue weighted by Crippen LogP contribution is -2.52. The standard InChI is InChI=1S/C27H27Cl3N2O3/c1-18(2)31-27(34)24(15-19-9-4-3-5-10-19)32(16-20-21(28)12-8-13-22(20)29)26(33)17-35-25-14-7-6-11-23(25)30/h3-14,18,24H,15-17H2,1-2H3,(H,31,34). The van der Waals surface area contributed by atoms with E-state index in [-0.39, 0.29) is 25.1 Å². The van der Waals surface area contributed by atoms with Gasteiger partial charge in [-0.2, -0.15) is 0 Å². The third-order valence-corrected chi connectivity index (χ3v) is 6.30. The van der Waals surface area contributed by atoms with Crippen molar-refractivity contribution in [3.8, 4) is 5.75 Å². The van der Waals surface area contributed by atoms with Gasteiger partial charge in [0.25, 0.3) is 5.91 Å². The van der Waals surface area contributed by atoms with Gasteiger partial charge in [0.1, 0.15) is 11.8 Å². The van der Waals surface area contributed by atoms with Crippen LogP contribution >= 0.6 is 34.8 Å². The van der Waals surface area contributed by atoms with Gasteiger partial charge in [0.15, 0.2) is 6.61 Å². The molecule has 0 bridgehead atoms. The van der Waals surface area contributed by atoms with Gasteiger partial charge >= 0.3 is 0 Å². The van der Waals surface area contributed by atoms with Crippen LogP contribution in [0, 0.1) is 0 Å². The van der Waals surface area contributed by atoms with Crippen molar-refractivity contribution in [1.82, 2.24) is 10.2 Å². The second-order valence-electron chi connectivity index (χ2n) is 8.31. The van der Waals surface area contributed by atoms with Gasteiger partial charge in [-0.3, -0.25) is 9.59 Å². The highest BCUT2D eigenvalue weighted by atomic mass is 35.5. The van der Waals surface area contributed by atoms with Crippen LogP contribution in [0.5, 0.6) is 5.75 Å². The summed E-state index contributed by atoms with van der Waals surface area (Å²) < 4.78 is 5.72. The first-order valence-corrected chi connectivity index (χ1v) is 12.3. The SMILES string of the molecule is CC(C)NC(=O)C(Cc1ccccc1)N(Cc1c(Cl)cccc1Cl)C(=O)COc1ccccc1Cl. The van der Waals surface area contributed by atoms with E-state index in [0.717, 1.165) is 5.56 Å². The fraction of sp³-hybridized carbons (Fsp3) is 0.259. The van der Waals surface area contributed by atoms with Gasteiger partial charge < -0.3 is 15.0 Å². The Kier molecular flexibility index (Phi) is 9.84. The highest BCUT2D eigenvalue weighted by Crippen LogP contribution is 2.28. The Bertz CT molecular complexity index is 1140. The number of hydrogen-bond donors (Lipinski definition) is 1. The summed E-state index contributed by atoms with van der Waals surface area (Å²) >= 11 is 19.0. The molecule has 184 valence electrons. The van der Waals surface area contributed by atoms with E-state index in [0.29, 0.717) is 32.8 Å². The number of rotatable bonds is 10. The number of ether oxygens (including phenoxy) is 1.